The Morgan fingerprint density at radius 3 is 2.52 bits per heavy atom. The van der Waals surface area contributed by atoms with Crippen LogP contribution in [0.5, 0.6) is 0 Å². The lowest BCUT2D eigenvalue weighted by Crippen LogP contribution is -2.65. The molecular formula is C18H34N2O6S. The number of ether oxygens (including phenoxy) is 1. The molecule has 2 rings (SSSR count). The number of nitrogens with one attached hydrogen (secondary N) is 1. The number of nitrogens with zero attached hydrogens (tertiary/aromatic N) is 1. The van der Waals surface area contributed by atoms with Gasteiger partial charge in [0.1, 0.15) is 29.9 Å². The van der Waals surface area contributed by atoms with Crippen molar-refractivity contribution in [2.75, 3.05) is 19.8 Å². The zero-order valence-electron chi connectivity index (χ0n) is 16.5. The van der Waals surface area contributed by atoms with Gasteiger partial charge in [0.05, 0.1) is 18.2 Å². The quantitative estimate of drug-likeness (QED) is 0.370. The first kappa shape index (κ1) is 22.9. The van der Waals surface area contributed by atoms with Crippen LogP contribution in [-0.4, -0.2) is 99.1 Å². The number of hydrogen-bond acceptors (Lipinski definition) is 8. The third-order valence-corrected chi connectivity index (χ3v) is 6.51. The Balaban J connectivity index is 2.09. The number of amides is 1. The van der Waals surface area contributed by atoms with Crippen molar-refractivity contribution in [3.05, 3.63) is 0 Å². The average molecular weight is 407 g/mol. The standard InChI is InChI=1S/C18H34N2O6S/c1-5-6-10-7-11(20(3)8-10)17(25)19-12(9(2)21)16-14(23)13(22)15(24)18(26-16)27-4/h9-16,18,21-24H,5-8H2,1-4H3,(H,19,25)/t9-,10-,11+,12-,13+,14-,15+,16-,18-/m0/s1. The number of carbonyl (C=O) groups excluding carboxylic acids is 1. The predicted molar refractivity (Wildman–Crippen MR) is 103 cm³/mol. The Bertz CT molecular complexity index is 494. The second-order valence-electron chi connectivity index (χ2n) is 7.80. The van der Waals surface area contributed by atoms with E-state index in [0.717, 1.165) is 25.8 Å². The van der Waals surface area contributed by atoms with E-state index < -0.39 is 42.0 Å². The average Bonchev–Trinajstić information content (AvgIpc) is 2.99. The summed E-state index contributed by atoms with van der Waals surface area (Å²) in [6.07, 6.45) is -1.50. The summed E-state index contributed by atoms with van der Waals surface area (Å²) in [7, 11) is 1.91. The zero-order chi connectivity index (χ0) is 20.3. The first-order valence-corrected chi connectivity index (χ1v) is 10.9. The van der Waals surface area contributed by atoms with Gasteiger partial charge in [-0.3, -0.25) is 9.69 Å². The predicted octanol–water partition coefficient (Wildman–Crippen LogP) is -0.857. The molecule has 158 valence electrons. The van der Waals surface area contributed by atoms with E-state index in [0.29, 0.717) is 5.92 Å². The van der Waals surface area contributed by atoms with Crippen molar-refractivity contribution in [3.63, 3.8) is 0 Å². The van der Waals surface area contributed by atoms with Gasteiger partial charge in [-0.2, -0.15) is 0 Å². The molecule has 2 aliphatic rings. The summed E-state index contributed by atoms with van der Waals surface area (Å²) in [5.74, 6) is 0.245. The maximum Gasteiger partial charge on any atom is 0.237 e. The van der Waals surface area contributed by atoms with Crippen LogP contribution in [-0.2, 0) is 9.53 Å². The molecule has 0 aromatic heterocycles. The van der Waals surface area contributed by atoms with Crippen molar-refractivity contribution in [1.29, 1.82) is 0 Å². The number of carbonyl (C=O) groups is 1. The van der Waals surface area contributed by atoms with Crippen LogP contribution in [0.1, 0.15) is 33.1 Å². The number of rotatable bonds is 7. The van der Waals surface area contributed by atoms with Crippen LogP contribution in [0.25, 0.3) is 0 Å². The van der Waals surface area contributed by atoms with E-state index in [1.54, 1.807) is 6.26 Å². The molecule has 0 aliphatic carbocycles. The lowest BCUT2D eigenvalue weighted by Gasteiger charge is -2.44. The number of hydrogen-bond donors (Lipinski definition) is 5. The molecule has 2 heterocycles. The minimum atomic E-state index is -1.42. The molecule has 5 N–H and O–H groups in total. The van der Waals surface area contributed by atoms with E-state index in [-0.39, 0.29) is 11.9 Å². The van der Waals surface area contributed by atoms with Crippen LogP contribution in [0.4, 0.5) is 0 Å². The van der Waals surface area contributed by atoms with Gasteiger partial charge in [0, 0.05) is 6.54 Å². The van der Waals surface area contributed by atoms with Crippen molar-refractivity contribution in [3.8, 4) is 0 Å². The van der Waals surface area contributed by atoms with Crippen molar-refractivity contribution < 1.29 is 30.0 Å². The maximum atomic E-state index is 12.8. The smallest absolute Gasteiger partial charge is 0.237 e. The van der Waals surface area contributed by atoms with E-state index in [4.69, 9.17) is 4.74 Å². The summed E-state index contributed by atoms with van der Waals surface area (Å²) in [4.78, 5) is 14.9. The molecule has 0 unspecified atom stereocenters. The highest BCUT2D eigenvalue weighted by Crippen LogP contribution is 2.30. The van der Waals surface area contributed by atoms with Gasteiger partial charge in [-0.05, 0) is 39.0 Å². The molecule has 27 heavy (non-hydrogen) atoms. The topological polar surface area (TPSA) is 122 Å². The number of aliphatic hydroxyl groups excluding tert-OH is 4. The van der Waals surface area contributed by atoms with E-state index in [2.05, 4.69) is 12.2 Å². The number of likely N-dealkylation sites (tertiary alicyclic amines) is 1. The first-order valence-electron chi connectivity index (χ1n) is 9.62. The van der Waals surface area contributed by atoms with Gasteiger partial charge >= 0.3 is 0 Å². The lowest BCUT2D eigenvalue weighted by atomic mass is 9.92. The van der Waals surface area contributed by atoms with E-state index in [1.807, 2.05) is 11.9 Å². The Morgan fingerprint density at radius 1 is 1.30 bits per heavy atom. The minimum Gasteiger partial charge on any atom is -0.391 e. The second-order valence-corrected chi connectivity index (χ2v) is 8.73. The summed E-state index contributed by atoms with van der Waals surface area (Å²) in [5.41, 5.74) is -0.755. The highest BCUT2D eigenvalue weighted by Gasteiger charge is 2.48. The molecule has 9 atom stereocenters. The summed E-state index contributed by atoms with van der Waals surface area (Å²) >= 11 is 1.20. The van der Waals surface area contributed by atoms with Crippen LogP contribution in [0, 0.1) is 5.92 Å². The second kappa shape index (κ2) is 9.87. The van der Waals surface area contributed by atoms with Crippen LogP contribution in [0.3, 0.4) is 0 Å². The van der Waals surface area contributed by atoms with Crippen LogP contribution < -0.4 is 5.32 Å². The van der Waals surface area contributed by atoms with Gasteiger partial charge in [0.15, 0.2) is 0 Å². The molecule has 0 bridgehead atoms. The molecule has 0 saturated carbocycles. The Kier molecular flexibility index (Phi) is 8.35. The van der Waals surface area contributed by atoms with Gasteiger partial charge in [-0.25, -0.2) is 0 Å². The summed E-state index contributed by atoms with van der Waals surface area (Å²) in [6, 6.07) is -1.20. The molecule has 9 heteroatoms. The highest BCUT2D eigenvalue weighted by molar-refractivity contribution is 7.99. The molecule has 0 radical (unpaired) electrons. The number of thioether (sulfide) groups is 1. The number of likely N-dealkylation sites (N-methyl/N-ethyl adjacent to an activating group) is 1. The van der Waals surface area contributed by atoms with Crippen molar-refractivity contribution in [2.24, 2.45) is 5.92 Å². The normalized spacial score (nSPS) is 39.9. The number of aliphatic hydroxyl groups is 4. The molecule has 0 aromatic rings. The van der Waals surface area contributed by atoms with Gasteiger partial charge in [-0.1, -0.05) is 13.3 Å². The van der Waals surface area contributed by atoms with Crippen LogP contribution in [0.15, 0.2) is 0 Å². The first-order chi connectivity index (χ1) is 12.7. The molecule has 2 saturated heterocycles. The van der Waals surface area contributed by atoms with Crippen molar-refractivity contribution in [2.45, 2.75) is 81.1 Å². The van der Waals surface area contributed by atoms with E-state index >= 15 is 0 Å². The maximum absolute atomic E-state index is 12.8. The van der Waals surface area contributed by atoms with Gasteiger partial charge in [0.2, 0.25) is 5.91 Å². The summed E-state index contributed by atoms with van der Waals surface area (Å²) in [6.45, 7) is 4.48. The third kappa shape index (κ3) is 5.14. The Morgan fingerprint density at radius 2 is 1.96 bits per heavy atom. The molecule has 2 fully saturated rings. The van der Waals surface area contributed by atoms with Crippen LogP contribution >= 0.6 is 11.8 Å². The molecule has 0 aromatic carbocycles. The van der Waals surface area contributed by atoms with E-state index in [1.165, 1.54) is 18.7 Å². The van der Waals surface area contributed by atoms with Gasteiger partial charge in [-0.15, -0.1) is 11.8 Å². The van der Waals surface area contributed by atoms with Crippen LogP contribution in [0.2, 0.25) is 0 Å². The third-order valence-electron chi connectivity index (χ3n) is 5.66. The van der Waals surface area contributed by atoms with Gasteiger partial charge in [0.25, 0.3) is 0 Å². The van der Waals surface area contributed by atoms with E-state index in [9.17, 15) is 25.2 Å². The zero-order valence-corrected chi connectivity index (χ0v) is 17.3. The fraction of sp³-hybridized carbons (Fsp3) is 0.944. The molecule has 8 nitrogen and oxygen atoms in total. The van der Waals surface area contributed by atoms with Crippen molar-refractivity contribution >= 4 is 17.7 Å². The molecule has 1 amide bonds. The summed E-state index contributed by atoms with van der Waals surface area (Å²) < 4.78 is 5.72. The molecular weight excluding hydrogens is 372 g/mol. The fourth-order valence-corrected chi connectivity index (χ4v) is 4.81. The monoisotopic (exact) mass is 406 g/mol. The Hall–Kier alpha value is -0.420. The minimum absolute atomic E-state index is 0.223. The largest absolute Gasteiger partial charge is 0.391 e. The fourth-order valence-electron chi connectivity index (χ4n) is 4.13. The Labute approximate surface area is 165 Å². The summed E-state index contributed by atoms with van der Waals surface area (Å²) in [5, 5.41) is 43.5. The lowest BCUT2D eigenvalue weighted by molar-refractivity contribution is -0.211. The molecule has 0 spiro atoms. The molecule has 2 aliphatic heterocycles. The van der Waals surface area contributed by atoms with Crippen molar-refractivity contribution in [1.82, 2.24) is 10.2 Å². The highest BCUT2D eigenvalue weighted by atomic mass is 32.2. The van der Waals surface area contributed by atoms with Gasteiger partial charge < -0.3 is 30.5 Å². The SMILES string of the molecule is CCC[C@H]1C[C@H](C(=O)N[C@H]([C@@H]2O[C@@H](SC)[C@H](O)[C@H](O)[C@@H]2O)[C@H](C)O)N(C)C1.